The number of rotatable bonds is 6. The predicted molar refractivity (Wildman–Crippen MR) is 80.0 cm³/mol. The van der Waals surface area contributed by atoms with Gasteiger partial charge in [-0.1, -0.05) is 0 Å². The van der Waals surface area contributed by atoms with Crippen LogP contribution in [0.4, 0.5) is 0 Å². The Morgan fingerprint density at radius 2 is 2.15 bits per heavy atom. The van der Waals surface area contributed by atoms with E-state index in [1.807, 2.05) is 18.7 Å². The first-order valence-electron chi connectivity index (χ1n) is 7.90. The zero-order chi connectivity index (χ0) is 14.0. The molecule has 0 aromatic rings. The van der Waals surface area contributed by atoms with E-state index in [9.17, 15) is 4.79 Å². The molecular weight excluding hydrogens is 274 g/mol. The Morgan fingerprint density at radius 1 is 1.35 bits per heavy atom. The first-order valence-corrected chi connectivity index (χ1v) is 8.84. The molecule has 0 aromatic heterocycles. The monoisotopic (exact) mass is 299 g/mol. The molecular formula is C15H25NO3S. The van der Waals surface area contributed by atoms with Crippen LogP contribution in [0.15, 0.2) is 0 Å². The number of carbonyl (C=O) groups is 1. The SMILES string of the molecule is CCOC(=O)C1(NC2CC2)CCCC(SC2COC2)C1. The molecule has 0 radical (unpaired) electrons. The molecule has 2 aliphatic carbocycles. The van der Waals surface area contributed by atoms with Crippen LogP contribution in [0, 0.1) is 0 Å². The van der Waals surface area contributed by atoms with Gasteiger partial charge in [0.25, 0.3) is 0 Å². The minimum atomic E-state index is -0.419. The third-order valence-electron chi connectivity index (χ3n) is 4.42. The van der Waals surface area contributed by atoms with Gasteiger partial charge in [-0.05, 0) is 45.4 Å². The molecule has 0 bridgehead atoms. The minimum absolute atomic E-state index is 0.0259. The van der Waals surface area contributed by atoms with Crippen LogP contribution in [0.5, 0.6) is 0 Å². The highest BCUT2D eigenvalue weighted by molar-refractivity contribution is 8.00. The van der Waals surface area contributed by atoms with Crippen molar-refractivity contribution in [1.82, 2.24) is 5.32 Å². The lowest BCUT2D eigenvalue weighted by molar-refractivity contribution is -0.152. The van der Waals surface area contributed by atoms with Gasteiger partial charge < -0.3 is 9.47 Å². The van der Waals surface area contributed by atoms with Crippen molar-refractivity contribution in [2.45, 2.75) is 67.5 Å². The minimum Gasteiger partial charge on any atom is -0.465 e. The highest BCUT2D eigenvalue weighted by Gasteiger charge is 2.47. The smallest absolute Gasteiger partial charge is 0.326 e. The van der Waals surface area contributed by atoms with E-state index >= 15 is 0 Å². The van der Waals surface area contributed by atoms with E-state index in [1.54, 1.807) is 0 Å². The Morgan fingerprint density at radius 3 is 2.75 bits per heavy atom. The van der Waals surface area contributed by atoms with Crippen molar-refractivity contribution in [3.8, 4) is 0 Å². The van der Waals surface area contributed by atoms with E-state index in [-0.39, 0.29) is 5.97 Å². The maximum atomic E-state index is 12.5. The normalized spacial score (nSPS) is 34.5. The van der Waals surface area contributed by atoms with Crippen molar-refractivity contribution in [2.75, 3.05) is 19.8 Å². The number of hydrogen-bond acceptors (Lipinski definition) is 5. The average molecular weight is 299 g/mol. The summed E-state index contributed by atoms with van der Waals surface area (Å²) in [5.74, 6) is -0.0259. The molecule has 2 atom stereocenters. The largest absolute Gasteiger partial charge is 0.465 e. The molecule has 0 amide bonds. The standard InChI is InChI=1S/C15H25NO3S/c1-2-19-14(17)15(16-11-5-6-11)7-3-4-12(8-15)20-13-9-18-10-13/h11-13,16H,2-10H2,1H3. The molecule has 3 aliphatic rings. The lowest BCUT2D eigenvalue weighted by Gasteiger charge is -2.41. The van der Waals surface area contributed by atoms with Crippen LogP contribution in [-0.4, -0.2) is 47.9 Å². The fourth-order valence-electron chi connectivity index (χ4n) is 3.17. The zero-order valence-electron chi connectivity index (χ0n) is 12.2. The quantitative estimate of drug-likeness (QED) is 0.761. The molecule has 3 rings (SSSR count). The van der Waals surface area contributed by atoms with E-state index in [2.05, 4.69) is 5.32 Å². The van der Waals surface area contributed by atoms with E-state index in [1.165, 1.54) is 19.3 Å². The van der Waals surface area contributed by atoms with Gasteiger partial charge in [0.1, 0.15) is 5.54 Å². The maximum absolute atomic E-state index is 12.5. The van der Waals surface area contributed by atoms with E-state index in [4.69, 9.17) is 9.47 Å². The number of thioether (sulfide) groups is 1. The topological polar surface area (TPSA) is 47.6 Å². The molecule has 1 N–H and O–H groups in total. The third kappa shape index (κ3) is 3.31. The zero-order valence-corrected chi connectivity index (χ0v) is 13.0. The first kappa shape index (κ1) is 14.7. The summed E-state index contributed by atoms with van der Waals surface area (Å²) in [4.78, 5) is 12.5. The summed E-state index contributed by atoms with van der Waals surface area (Å²) in [6, 6.07) is 0.537. The molecule has 114 valence electrons. The summed E-state index contributed by atoms with van der Waals surface area (Å²) in [5, 5.41) is 4.81. The first-order chi connectivity index (χ1) is 9.72. The predicted octanol–water partition coefficient (Wildman–Crippen LogP) is 2.11. The Labute approximate surface area is 125 Å². The number of hydrogen-bond donors (Lipinski definition) is 1. The molecule has 2 unspecified atom stereocenters. The van der Waals surface area contributed by atoms with Crippen LogP contribution < -0.4 is 5.32 Å². The van der Waals surface area contributed by atoms with Gasteiger partial charge in [0.15, 0.2) is 0 Å². The lowest BCUT2D eigenvalue weighted by atomic mass is 9.81. The van der Waals surface area contributed by atoms with Crippen molar-refractivity contribution < 1.29 is 14.3 Å². The van der Waals surface area contributed by atoms with Gasteiger partial charge in [-0.3, -0.25) is 10.1 Å². The Kier molecular flexibility index (Phi) is 4.58. The van der Waals surface area contributed by atoms with Gasteiger partial charge >= 0.3 is 5.97 Å². The van der Waals surface area contributed by atoms with Gasteiger partial charge in [0, 0.05) is 11.3 Å². The van der Waals surface area contributed by atoms with Crippen LogP contribution >= 0.6 is 11.8 Å². The van der Waals surface area contributed by atoms with Crippen molar-refractivity contribution in [3.63, 3.8) is 0 Å². The Bertz CT molecular complexity index is 357. The van der Waals surface area contributed by atoms with Crippen LogP contribution in [0.3, 0.4) is 0 Å². The van der Waals surface area contributed by atoms with Crippen molar-refractivity contribution in [3.05, 3.63) is 0 Å². The number of ether oxygens (including phenoxy) is 2. The molecule has 1 heterocycles. The maximum Gasteiger partial charge on any atom is 0.326 e. The Balaban J connectivity index is 1.64. The fourth-order valence-corrected chi connectivity index (χ4v) is 4.75. The van der Waals surface area contributed by atoms with E-state index < -0.39 is 5.54 Å². The number of carbonyl (C=O) groups excluding carboxylic acids is 1. The summed E-state index contributed by atoms with van der Waals surface area (Å²) < 4.78 is 10.6. The summed E-state index contributed by atoms with van der Waals surface area (Å²) in [6.07, 6.45) is 6.59. The summed E-state index contributed by atoms with van der Waals surface area (Å²) >= 11 is 2.02. The van der Waals surface area contributed by atoms with Crippen molar-refractivity contribution >= 4 is 17.7 Å². The highest BCUT2D eigenvalue weighted by atomic mass is 32.2. The van der Waals surface area contributed by atoms with Gasteiger partial charge in [-0.2, -0.15) is 11.8 Å². The summed E-state index contributed by atoms with van der Waals surface area (Å²) in [7, 11) is 0. The average Bonchev–Trinajstić information content (AvgIpc) is 3.18. The van der Waals surface area contributed by atoms with Crippen molar-refractivity contribution in [2.24, 2.45) is 0 Å². The van der Waals surface area contributed by atoms with Crippen LogP contribution in [0.25, 0.3) is 0 Å². The van der Waals surface area contributed by atoms with Crippen LogP contribution in [0.1, 0.15) is 45.4 Å². The highest BCUT2D eigenvalue weighted by Crippen LogP contribution is 2.40. The van der Waals surface area contributed by atoms with E-state index in [0.717, 1.165) is 32.5 Å². The molecule has 1 saturated heterocycles. The van der Waals surface area contributed by atoms with Crippen LogP contribution in [-0.2, 0) is 14.3 Å². The molecule has 0 aromatic carbocycles. The fraction of sp³-hybridized carbons (Fsp3) is 0.933. The van der Waals surface area contributed by atoms with Crippen molar-refractivity contribution in [1.29, 1.82) is 0 Å². The summed E-state index contributed by atoms with van der Waals surface area (Å²) in [5.41, 5.74) is -0.419. The van der Waals surface area contributed by atoms with Gasteiger partial charge in [-0.25, -0.2) is 0 Å². The van der Waals surface area contributed by atoms with Gasteiger partial charge in [0.05, 0.1) is 25.1 Å². The second kappa shape index (κ2) is 6.24. The van der Waals surface area contributed by atoms with Crippen LogP contribution in [0.2, 0.25) is 0 Å². The Hall–Kier alpha value is -0.260. The van der Waals surface area contributed by atoms with E-state index in [0.29, 0.717) is 23.1 Å². The molecule has 3 fully saturated rings. The molecule has 2 saturated carbocycles. The number of esters is 1. The van der Waals surface area contributed by atoms with Gasteiger partial charge in [-0.15, -0.1) is 0 Å². The molecule has 1 aliphatic heterocycles. The lowest BCUT2D eigenvalue weighted by Crippen LogP contribution is -2.57. The molecule has 5 heteroatoms. The summed E-state index contributed by atoms with van der Waals surface area (Å²) in [6.45, 7) is 4.12. The van der Waals surface area contributed by atoms with Gasteiger partial charge in [0.2, 0.25) is 0 Å². The second-order valence-corrected chi connectivity index (χ2v) is 7.84. The molecule has 0 spiro atoms. The second-order valence-electron chi connectivity index (χ2n) is 6.24. The molecule has 20 heavy (non-hydrogen) atoms. The third-order valence-corrected chi connectivity index (χ3v) is 5.87. The number of nitrogens with one attached hydrogen (secondary N) is 1. The molecule has 4 nitrogen and oxygen atoms in total.